The molecule has 0 unspecified atom stereocenters. The summed E-state index contributed by atoms with van der Waals surface area (Å²) >= 11 is 0. The molecule has 0 radical (unpaired) electrons. The molecule has 0 atom stereocenters. The number of hydrogen-bond donors (Lipinski definition) is 0. The van der Waals surface area contributed by atoms with E-state index in [1.807, 2.05) is 57.2 Å². The Morgan fingerprint density at radius 2 is 1.71 bits per heavy atom. The molecule has 7 nitrogen and oxygen atoms in total. The fourth-order valence-electron chi connectivity index (χ4n) is 3.83. The summed E-state index contributed by atoms with van der Waals surface area (Å²) in [6.07, 6.45) is 2.30. The molecule has 3 aromatic rings. The van der Waals surface area contributed by atoms with Gasteiger partial charge in [0.15, 0.2) is 11.5 Å². The van der Waals surface area contributed by atoms with E-state index >= 15 is 0 Å². The van der Waals surface area contributed by atoms with E-state index < -0.39 is 5.54 Å². The molecule has 1 aromatic heterocycles. The van der Waals surface area contributed by atoms with Crippen molar-refractivity contribution in [3.63, 3.8) is 0 Å². The van der Waals surface area contributed by atoms with Crippen LogP contribution >= 0.6 is 0 Å². The van der Waals surface area contributed by atoms with Gasteiger partial charge in [-0.1, -0.05) is 30.3 Å². The normalized spacial score (nSPS) is 12.4. The molecule has 1 aliphatic rings. The average molecular weight is 463 g/mol. The zero-order valence-corrected chi connectivity index (χ0v) is 19.8. The van der Waals surface area contributed by atoms with E-state index in [1.54, 1.807) is 40.3 Å². The minimum absolute atomic E-state index is 0.0493. The number of ether oxygens (including phenoxy) is 2. The molecule has 4 rings (SSSR count). The Hall–Kier alpha value is -3.74. The van der Waals surface area contributed by atoms with Gasteiger partial charge in [-0.05, 0) is 63.1 Å². The summed E-state index contributed by atoms with van der Waals surface area (Å²) in [4.78, 5) is 30.4. The summed E-state index contributed by atoms with van der Waals surface area (Å²) < 4.78 is 16.3. The van der Waals surface area contributed by atoms with E-state index in [1.165, 1.54) is 0 Å². The van der Waals surface area contributed by atoms with Crippen molar-refractivity contribution in [2.75, 3.05) is 19.9 Å². The molecule has 7 heteroatoms. The van der Waals surface area contributed by atoms with Crippen molar-refractivity contribution < 1.29 is 23.5 Å². The van der Waals surface area contributed by atoms with Crippen LogP contribution in [0.2, 0.25) is 0 Å². The Balaban J connectivity index is 1.52. The highest BCUT2D eigenvalue weighted by Gasteiger charge is 2.32. The topological polar surface area (TPSA) is 72.2 Å². The molecule has 0 saturated heterocycles. The Bertz CT molecular complexity index is 1120. The monoisotopic (exact) mass is 462 g/mol. The first-order valence-electron chi connectivity index (χ1n) is 11.4. The smallest absolute Gasteiger partial charge is 0.254 e. The molecule has 178 valence electrons. The minimum Gasteiger partial charge on any atom is -0.467 e. The fraction of sp³-hybridized carbons (Fsp3) is 0.333. The second kappa shape index (κ2) is 10.0. The zero-order chi connectivity index (χ0) is 24.1. The number of benzene rings is 2. The van der Waals surface area contributed by atoms with Gasteiger partial charge in [0.05, 0.1) is 12.8 Å². The van der Waals surface area contributed by atoms with Crippen LogP contribution in [-0.4, -0.2) is 47.0 Å². The maximum atomic E-state index is 13.5. The first-order valence-corrected chi connectivity index (χ1v) is 11.4. The van der Waals surface area contributed by atoms with Gasteiger partial charge in [-0.2, -0.15) is 0 Å². The van der Waals surface area contributed by atoms with Crippen LogP contribution in [0.25, 0.3) is 0 Å². The lowest BCUT2D eigenvalue weighted by atomic mass is 10.0. The molecule has 0 bridgehead atoms. The highest BCUT2D eigenvalue weighted by atomic mass is 16.7. The number of amides is 2. The summed E-state index contributed by atoms with van der Waals surface area (Å²) in [6.45, 7) is 6.71. The number of carbonyl (C=O) groups is 2. The molecule has 0 spiro atoms. The van der Waals surface area contributed by atoms with Crippen molar-refractivity contribution >= 4 is 11.8 Å². The van der Waals surface area contributed by atoms with Crippen LogP contribution in [0.5, 0.6) is 11.5 Å². The molecular formula is C27H30N2O5. The van der Waals surface area contributed by atoms with Gasteiger partial charge in [0, 0.05) is 17.6 Å². The maximum absolute atomic E-state index is 13.5. The zero-order valence-electron chi connectivity index (χ0n) is 19.8. The molecule has 0 fully saturated rings. The molecule has 1 aliphatic heterocycles. The fourth-order valence-corrected chi connectivity index (χ4v) is 3.83. The molecular weight excluding hydrogens is 432 g/mol. The van der Waals surface area contributed by atoms with E-state index in [4.69, 9.17) is 13.9 Å². The lowest BCUT2D eigenvalue weighted by Gasteiger charge is -2.36. The third kappa shape index (κ3) is 5.60. The molecule has 0 aliphatic carbocycles. The molecule has 2 aromatic carbocycles. The van der Waals surface area contributed by atoms with Crippen LogP contribution in [0.3, 0.4) is 0 Å². The van der Waals surface area contributed by atoms with E-state index in [-0.39, 0.29) is 25.2 Å². The molecule has 2 heterocycles. The van der Waals surface area contributed by atoms with Crippen LogP contribution in [-0.2, 0) is 17.8 Å². The Morgan fingerprint density at radius 3 is 2.41 bits per heavy atom. The quantitative estimate of drug-likeness (QED) is 0.492. The number of carbonyl (C=O) groups excluding carboxylic acids is 2. The average Bonchev–Trinajstić information content (AvgIpc) is 3.51. The largest absolute Gasteiger partial charge is 0.467 e. The third-order valence-corrected chi connectivity index (χ3v) is 5.76. The number of rotatable bonds is 8. The highest BCUT2D eigenvalue weighted by molar-refractivity contribution is 5.97. The Kier molecular flexibility index (Phi) is 6.91. The summed E-state index contributed by atoms with van der Waals surface area (Å²) in [5, 5.41) is 0. The first kappa shape index (κ1) is 23.4. The number of fused-ring (bicyclic) bond motifs is 1. The Labute approximate surface area is 199 Å². The van der Waals surface area contributed by atoms with Crippen molar-refractivity contribution in [3.8, 4) is 11.5 Å². The van der Waals surface area contributed by atoms with Crippen molar-refractivity contribution in [2.24, 2.45) is 0 Å². The molecule has 2 amide bonds. The predicted molar refractivity (Wildman–Crippen MR) is 128 cm³/mol. The van der Waals surface area contributed by atoms with Gasteiger partial charge >= 0.3 is 0 Å². The van der Waals surface area contributed by atoms with Crippen molar-refractivity contribution in [1.82, 2.24) is 9.80 Å². The van der Waals surface area contributed by atoms with Crippen molar-refractivity contribution in [1.29, 1.82) is 0 Å². The van der Waals surface area contributed by atoms with Gasteiger partial charge in [0.2, 0.25) is 12.7 Å². The van der Waals surface area contributed by atoms with Gasteiger partial charge in [-0.15, -0.1) is 0 Å². The molecule has 0 N–H and O–H groups in total. The van der Waals surface area contributed by atoms with E-state index in [2.05, 4.69) is 0 Å². The minimum atomic E-state index is -0.571. The number of hydrogen-bond acceptors (Lipinski definition) is 5. The van der Waals surface area contributed by atoms with Crippen molar-refractivity contribution in [2.45, 2.75) is 39.3 Å². The van der Waals surface area contributed by atoms with Gasteiger partial charge in [0.25, 0.3) is 5.91 Å². The van der Waals surface area contributed by atoms with Crippen molar-refractivity contribution in [3.05, 3.63) is 83.8 Å². The number of nitrogens with zero attached hydrogens (tertiary/aromatic N) is 2. The van der Waals surface area contributed by atoms with E-state index in [0.717, 1.165) is 5.56 Å². The van der Waals surface area contributed by atoms with E-state index in [9.17, 15) is 9.59 Å². The molecule has 34 heavy (non-hydrogen) atoms. The maximum Gasteiger partial charge on any atom is 0.254 e. The van der Waals surface area contributed by atoms with Crippen LogP contribution in [0.15, 0.2) is 71.3 Å². The lowest BCUT2D eigenvalue weighted by Crippen LogP contribution is -2.51. The summed E-state index contributed by atoms with van der Waals surface area (Å²) in [5.41, 5.74) is 1.02. The summed E-state index contributed by atoms with van der Waals surface area (Å²) in [5.74, 6) is 1.47. The van der Waals surface area contributed by atoms with Crippen LogP contribution in [0.1, 0.15) is 42.5 Å². The predicted octanol–water partition coefficient (Wildman–Crippen LogP) is 4.52. The molecule has 0 saturated carbocycles. The lowest BCUT2D eigenvalue weighted by molar-refractivity contribution is -0.133. The SMILES string of the molecule is CC(C)(C)N(CC(=O)N(CCc1ccccc1)Cc1ccco1)C(=O)c1ccc2c(c1)OCO2. The first-order chi connectivity index (χ1) is 16.3. The standard InChI is InChI=1S/C27H30N2O5/c1-27(2,3)29(26(31)21-11-12-23-24(16-21)34-19-33-23)18-25(30)28(17-22-10-7-15-32-22)14-13-20-8-5-4-6-9-20/h4-12,15-16H,13-14,17-19H2,1-3H3. The Morgan fingerprint density at radius 1 is 0.941 bits per heavy atom. The van der Waals surface area contributed by atoms with Gasteiger partial charge in [0.1, 0.15) is 12.3 Å². The van der Waals surface area contributed by atoms with Crippen LogP contribution in [0, 0.1) is 0 Å². The third-order valence-electron chi connectivity index (χ3n) is 5.76. The van der Waals surface area contributed by atoms with Crippen LogP contribution < -0.4 is 9.47 Å². The second-order valence-corrected chi connectivity index (χ2v) is 9.26. The number of furan rings is 1. The summed E-state index contributed by atoms with van der Waals surface area (Å²) in [6, 6.07) is 18.8. The van der Waals surface area contributed by atoms with Crippen LogP contribution in [0.4, 0.5) is 0 Å². The summed E-state index contributed by atoms with van der Waals surface area (Å²) in [7, 11) is 0. The highest BCUT2D eigenvalue weighted by Crippen LogP contribution is 2.33. The van der Waals surface area contributed by atoms with E-state index in [0.29, 0.717) is 42.3 Å². The van der Waals surface area contributed by atoms with Gasteiger partial charge in [-0.3, -0.25) is 9.59 Å². The second-order valence-electron chi connectivity index (χ2n) is 9.26. The van der Waals surface area contributed by atoms with Gasteiger partial charge in [-0.25, -0.2) is 0 Å². The van der Waals surface area contributed by atoms with Gasteiger partial charge < -0.3 is 23.7 Å².